The average molecular weight is 363 g/mol. The molecular weight excluding hydrogens is 338 g/mol. The molecule has 0 bridgehead atoms. The zero-order chi connectivity index (χ0) is 19.4. The lowest BCUT2D eigenvalue weighted by atomic mass is 10.1. The number of hydrogen-bond acceptors (Lipinski definition) is 4. The number of carbonyl (C=O) groups is 1. The van der Waals surface area contributed by atoms with Crippen LogP contribution in [0.1, 0.15) is 21.7 Å². The van der Waals surface area contributed by atoms with E-state index in [1.54, 1.807) is 4.68 Å². The summed E-state index contributed by atoms with van der Waals surface area (Å²) in [6.07, 6.45) is 0.793. The largest absolute Gasteiger partial charge is 0.378 e. The fraction of sp³-hybridized carbons (Fsp3) is 0.286. The van der Waals surface area contributed by atoms with Crippen LogP contribution in [0.5, 0.6) is 0 Å². The molecule has 0 aliphatic carbocycles. The van der Waals surface area contributed by atoms with Crippen LogP contribution in [0.15, 0.2) is 48.5 Å². The summed E-state index contributed by atoms with van der Waals surface area (Å²) in [5.41, 5.74) is 3.86. The van der Waals surface area contributed by atoms with Crippen molar-refractivity contribution in [2.45, 2.75) is 13.3 Å². The summed E-state index contributed by atoms with van der Waals surface area (Å²) < 4.78 is 1.73. The van der Waals surface area contributed by atoms with E-state index in [-0.39, 0.29) is 5.91 Å². The monoisotopic (exact) mass is 363 g/mol. The molecule has 0 atom stereocenters. The Morgan fingerprint density at radius 1 is 1.15 bits per heavy atom. The minimum Gasteiger partial charge on any atom is -0.378 e. The predicted molar refractivity (Wildman–Crippen MR) is 108 cm³/mol. The highest BCUT2D eigenvalue weighted by molar-refractivity contribution is 5.95. The number of benzene rings is 2. The molecule has 1 N–H and O–H groups in total. The predicted octanol–water partition coefficient (Wildman–Crippen LogP) is 2.83. The minimum atomic E-state index is -0.0827. The van der Waals surface area contributed by atoms with E-state index in [0.29, 0.717) is 17.9 Å². The number of hydrogen-bond donors (Lipinski definition) is 1. The Balaban J connectivity index is 1.61. The molecule has 0 spiro atoms. The van der Waals surface area contributed by atoms with Crippen molar-refractivity contribution in [1.29, 1.82) is 0 Å². The second-order valence-corrected chi connectivity index (χ2v) is 6.75. The van der Waals surface area contributed by atoms with Gasteiger partial charge in [0.05, 0.1) is 0 Å². The van der Waals surface area contributed by atoms with Gasteiger partial charge in [0.1, 0.15) is 5.82 Å². The highest BCUT2D eigenvalue weighted by atomic mass is 16.1. The van der Waals surface area contributed by atoms with Crippen LogP contribution in [0, 0.1) is 6.92 Å². The van der Waals surface area contributed by atoms with Gasteiger partial charge in [0.2, 0.25) is 0 Å². The van der Waals surface area contributed by atoms with Crippen LogP contribution in [0.4, 0.5) is 5.69 Å². The third kappa shape index (κ3) is 4.53. The van der Waals surface area contributed by atoms with Gasteiger partial charge in [-0.3, -0.25) is 4.79 Å². The van der Waals surface area contributed by atoms with E-state index < -0.39 is 0 Å². The zero-order valence-corrected chi connectivity index (χ0v) is 16.2. The maximum Gasteiger partial charge on any atom is 0.251 e. The van der Waals surface area contributed by atoms with E-state index >= 15 is 0 Å². The lowest BCUT2D eigenvalue weighted by Crippen LogP contribution is -2.25. The van der Waals surface area contributed by atoms with Crippen molar-refractivity contribution in [3.63, 3.8) is 0 Å². The lowest BCUT2D eigenvalue weighted by Gasteiger charge is -2.12. The molecule has 0 aliphatic heterocycles. The number of anilines is 1. The number of carbonyl (C=O) groups excluding carboxylic acids is 1. The van der Waals surface area contributed by atoms with Crippen LogP contribution in [0.3, 0.4) is 0 Å². The summed E-state index contributed by atoms with van der Waals surface area (Å²) in [6.45, 7) is 2.44. The fourth-order valence-corrected chi connectivity index (χ4v) is 2.95. The van der Waals surface area contributed by atoms with Gasteiger partial charge in [0.15, 0.2) is 5.82 Å². The average Bonchev–Trinajstić information content (AvgIpc) is 3.00. The van der Waals surface area contributed by atoms with Gasteiger partial charge in [-0.1, -0.05) is 24.3 Å². The summed E-state index contributed by atoms with van der Waals surface area (Å²) in [4.78, 5) is 19.0. The Labute approximate surface area is 159 Å². The number of rotatable bonds is 6. The van der Waals surface area contributed by atoms with Crippen molar-refractivity contribution in [3.05, 3.63) is 65.5 Å². The number of amides is 1. The van der Waals surface area contributed by atoms with Crippen molar-refractivity contribution < 1.29 is 4.79 Å². The molecule has 6 heteroatoms. The Morgan fingerprint density at radius 3 is 2.52 bits per heavy atom. The Bertz CT molecular complexity index is 928. The quantitative estimate of drug-likeness (QED) is 0.731. The number of aryl methyl sites for hydroxylation is 2. The maximum absolute atomic E-state index is 12.5. The van der Waals surface area contributed by atoms with Crippen molar-refractivity contribution >= 4 is 11.6 Å². The third-order valence-corrected chi connectivity index (χ3v) is 4.40. The van der Waals surface area contributed by atoms with Crippen LogP contribution >= 0.6 is 0 Å². The molecule has 3 rings (SSSR count). The Kier molecular flexibility index (Phi) is 5.54. The summed E-state index contributed by atoms with van der Waals surface area (Å²) in [6, 6.07) is 15.8. The topological polar surface area (TPSA) is 63.1 Å². The smallest absolute Gasteiger partial charge is 0.251 e. The standard InChI is InChI=1S/C21H25N5O/c1-15-23-20(26(4)24-15)17-6-5-7-18(14-17)21(27)22-13-12-16-8-10-19(11-9-16)25(2)3/h5-11,14H,12-13H2,1-4H3,(H,22,27). The second kappa shape index (κ2) is 8.03. The summed E-state index contributed by atoms with van der Waals surface area (Å²) in [7, 11) is 5.89. The summed E-state index contributed by atoms with van der Waals surface area (Å²) in [5, 5.41) is 7.26. The van der Waals surface area contributed by atoms with E-state index in [2.05, 4.69) is 44.6 Å². The van der Waals surface area contributed by atoms with Gasteiger partial charge < -0.3 is 10.2 Å². The number of nitrogens with zero attached hydrogens (tertiary/aromatic N) is 4. The highest BCUT2D eigenvalue weighted by Gasteiger charge is 2.11. The van der Waals surface area contributed by atoms with Gasteiger partial charge >= 0.3 is 0 Å². The Morgan fingerprint density at radius 2 is 1.89 bits per heavy atom. The lowest BCUT2D eigenvalue weighted by molar-refractivity contribution is 0.0954. The molecule has 3 aromatic rings. The van der Waals surface area contributed by atoms with Gasteiger partial charge in [-0.05, 0) is 43.2 Å². The molecule has 6 nitrogen and oxygen atoms in total. The van der Waals surface area contributed by atoms with Gasteiger partial charge in [-0.25, -0.2) is 9.67 Å². The van der Waals surface area contributed by atoms with Gasteiger partial charge in [0, 0.05) is 44.5 Å². The SMILES string of the molecule is Cc1nc(-c2cccc(C(=O)NCCc3ccc(N(C)C)cc3)c2)n(C)n1. The first kappa shape index (κ1) is 18.6. The fourth-order valence-electron chi connectivity index (χ4n) is 2.95. The zero-order valence-electron chi connectivity index (χ0n) is 16.2. The van der Waals surface area contributed by atoms with E-state index in [1.807, 2.05) is 52.3 Å². The highest BCUT2D eigenvalue weighted by Crippen LogP contribution is 2.18. The maximum atomic E-state index is 12.5. The number of aromatic nitrogens is 3. The molecule has 2 aromatic carbocycles. The molecule has 27 heavy (non-hydrogen) atoms. The molecular formula is C21H25N5O. The van der Waals surface area contributed by atoms with Crippen molar-refractivity contribution in [3.8, 4) is 11.4 Å². The molecule has 0 aliphatic rings. The van der Waals surface area contributed by atoms with E-state index in [1.165, 1.54) is 11.3 Å². The van der Waals surface area contributed by atoms with Crippen LogP contribution < -0.4 is 10.2 Å². The molecule has 1 amide bonds. The van der Waals surface area contributed by atoms with Gasteiger partial charge in [-0.15, -0.1) is 0 Å². The van der Waals surface area contributed by atoms with Crippen LogP contribution in [-0.4, -0.2) is 41.3 Å². The first-order valence-electron chi connectivity index (χ1n) is 8.96. The molecule has 0 unspecified atom stereocenters. The van der Waals surface area contributed by atoms with Crippen LogP contribution in [0.25, 0.3) is 11.4 Å². The van der Waals surface area contributed by atoms with Crippen LogP contribution in [-0.2, 0) is 13.5 Å². The van der Waals surface area contributed by atoms with Gasteiger partial charge in [0.25, 0.3) is 5.91 Å². The van der Waals surface area contributed by atoms with Gasteiger partial charge in [-0.2, -0.15) is 5.10 Å². The molecule has 1 aromatic heterocycles. The normalized spacial score (nSPS) is 10.7. The van der Waals surface area contributed by atoms with Crippen molar-refractivity contribution in [2.24, 2.45) is 7.05 Å². The first-order chi connectivity index (χ1) is 12.9. The van der Waals surface area contributed by atoms with Crippen molar-refractivity contribution in [2.75, 3.05) is 25.5 Å². The third-order valence-electron chi connectivity index (χ3n) is 4.40. The molecule has 140 valence electrons. The first-order valence-corrected chi connectivity index (χ1v) is 8.96. The van der Waals surface area contributed by atoms with E-state index in [0.717, 1.165) is 17.8 Å². The Hall–Kier alpha value is -3.15. The van der Waals surface area contributed by atoms with Crippen molar-refractivity contribution in [1.82, 2.24) is 20.1 Å². The van der Waals surface area contributed by atoms with Crippen LogP contribution in [0.2, 0.25) is 0 Å². The number of nitrogens with one attached hydrogen (secondary N) is 1. The molecule has 0 saturated heterocycles. The van der Waals surface area contributed by atoms with E-state index in [9.17, 15) is 4.79 Å². The molecule has 0 radical (unpaired) electrons. The van der Waals surface area contributed by atoms with E-state index in [4.69, 9.17) is 0 Å². The second-order valence-electron chi connectivity index (χ2n) is 6.75. The molecule has 0 saturated carbocycles. The molecule has 0 fully saturated rings. The minimum absolute atomic E-state index is 0.0827. The summed E-state index contributed by atoms with van der Waals surface area (Å²) >= 11 is 0. The summed E-state index contributed by atoms with van der Waals surface area (Å²) in [5.74, 6) is 1.38. The molecule has 1 heterocycles.